The number of nitrogen functional groups attached to an aromatic ring is 1. The number of nitrogens with two attached hydrogens (primary N) is 1. The van der Waals surface area contributed by atoms with E-state index in [2.05, 4.69) is 11.4 Å². The van der Waals surface area contributed by atoms with Gasteiger partial charge in [0.05, 0.1) is 18.0 Å². The van der Waals surface area contributed by atoms with Crippen LogP contribution in [0.3, 0.4) is 0 Å². The minimum Gasteiger partial charge on any atom is -0.397 e. The molecule has 0 unspecified atom stereocenters. The van der Waals surface area contributed by atoms with Crippen LogP contribution in [-0.2, 0) is 4.74 Å². The van der Waals surface area contributed by atoms with Crippen LogP contribution in [0.4, 0.5) is 11.4 Å². The van der Waals surface area contributed by atoms with Crippen molar-refractivity contribution in [3.8, 4) is 0 Å². The van der Waals surface area contributed by atoms with Crippen LogP contribution in [0.25, 0.3) is 0 Å². The molecule has 0 saturated heterocycles. The summed E-state index contributed by atoms with van der Waals surface area (Å²) in [6, 6.07) is 6.06. The van der Waals surface area contributed by atoms with Crippen molar-refractivity contribution in [2.24, 2.45) is 5.92 Å². The van der Waals surface area contributed by atoms with Crippen molar-refractivity contribution in [2.45, 2.75) is 19.8 Å². The highest BCUT2D eigenvalue weighted by Gasteiger charge is 2.20. The van der Waals surface area contributed by atoms with Crippen LogP contribution in [0, 0.1) is 12.8 Å². The first-order valence-electron chi connectivity index (χ1n) is 5.93. The van der Waals surface area contributed by atoms with Gasteiger partial charge in [0, 0.05) is 13.2 Å². The van der Waals surface area contributed by atoms with E-state index in [0.717, 1.165) is 37.1 Å². The third-order valence-corrected chi connectivity index (χ3v) is 2.82. The highest BCUT2D eigenvalue weighted by Crippen LogP contribution is 2.28. The number of anilines is 2. The molecule has 1 aliphatic carbocycles. The summed E-state index contributed by atoms with van der Waals surface area (Å²) in [5.41, 5.74) is 8.89. The summed E-state index contributed by atoms with van der Waals surface area (Å²) in [7, 11) is 0. The smallest absolute Gasteiger partial charge is 0.0639 e. The molecule has 0 aromatic heterocycles. The second-order valence-electron chi connectivity index (χ2n) is 4.54. The molecule has 16 heavy (non-hydrogen) atoms. The maximum Gasteiger partial charge on any atom is 0.0639 e. The molecule has 3 heteroatoms. The van der Waals surface area contributed by atoms with Crippen LogP contribution in [-0.4, -0.2) is 19.8 Å². The predicted molar refractivity (Wildman–Crippen MR) is 67.6 cm³/mol. The first-order valence-corrected chi connectivity index (χ1v) is 5.93. The molecule has 1 aliphatic rings. The number of benzene rings is 1. The predicted octanol–water partition coefficient (Wildman–Crippen LogP) is 2.42. The Balaban J connectivity index is 1.67. The molecular formula is C13H20N2O. The average Bonchev–Trinajstić information content (AvgIpc) is 3.04. The molecule has 1 fully saturated rings. The van der Waals surface area contributed by atoms with Crippen LogP contribution in [0.1, 0.15) is 18.4 Å². The van der Waals surface area contributed by atoms with Crippen LogP contribution in [0.15, 0.2) is 18.2 Å². The van der Waals surface area contributed by atoms with Gasteiger partial charge in [-0.05, 0) is 43.4 Å². The molecule has 2 rings (SSSR count). The van der Waals surface area contributed by atoms with Crippen molar-refractivity contribution in [2.75, 3.05) is 30.8 Å². The highest BCUT2D eigenvalue weighted by atomic mass is 16.5. The number of hydrogen-bond acceptors (Lipinski definition) is 3. The second-order valence-corrected chi connectivity index (χ2v) is 4.54. The Morgan fingerprint density at radius 2 is 2.25 bits per heavy atom. The van der Waals surface area contributed by atoms with Gasteiger partial charge in [-0.25, -0.2) is 0 Å². The van der Waals surface area contributed by atoms with Crippen molar-refractivity contribution in [3.63, 3.8) is 0 Å². The maximum atomic E-state index is 5.89. The number of rotatable bonds is 6. The Labute approximate surface area is 97.0 Å². The van der Waals surface area contributed by atoms with E-state index >= 15 is 0 Å². The molecule has 0 radical (unpaired) electrons. The summed E-state index contributed by atoms with van der Waals surface area (Å²) >= 11 is 0. The van der Waals surface area contributed by atoms with E-state index in [-0.39, 0.29) is 0 Å². The van der Waals surface area contributed by atoms with Gasteiger partial charge in [0.15, 0.2) is 0 Å². The van der Waals surface area contributed by atoms with E-state index in [1.54, 1.807) is 0 Å². The Hall–Kier alpha value is -1.22. The van der Waals surface area contributed by atoms with E-state index in [1.165, 1.54) is 18.4 Å². The van der Waals surface area contributed by atoms with Gasteiger partial charge in [0.2, 0.25) is 0 Å². The molecule has 1 aromatic rings. The molecule has 3 nitrogen and oxygen atoms in total. The summed E-state index contributed by atoms with van der Waals surface area (Å²) in [6.45, 7) is 4.54. The van der Waals surface area contributed by atoms with Gasteiger partial charge in [0.25, 0.3) is 0 Å². The topological polar surface area (TPSA) is 47.3 Å². The summed E-state index contributed by atoms with van der Waals surface area (Å²) in [5.74, 6) is 0.837. The monoisotopic (exact) mass is 220 g/mol. The average molecular weight is 220 g/mol. The largest absolute Gasteiger partial charge is 0.397 e. The fraction of sp³-hybridized carbons (Fsp3) is 0.538. The van der Waals surface area contributed by atoms with Crippen LogP contribution in [0.5, 0.6) is 0 Å². The fourth-order valence-corrected chi connectivity index (χ4v) is 1.64. The van der Waals surface area contributed by atoms with Gasteiger partial charge in [-0.3, -0.25) is 0 Å². The normalized spacial score (nSPS) is 15.1. The van der Waals surface area contributed by atoms with Gasteiger partial charge < -0.3 is 15.8 Å². The Morgan fingerprint density at radius 3 is 2.94 bits per heavy atom. The Bertz CT molecular complexity index is 348. The van der Waals surface area contributed by atoms with Crippen LogP contribution >= 0.6 is 0 Å². The molecule has 3 N–H and O–H groups in total. The molecule has 0 bridgehead atoms. The zero-order chi connectivity index (χ0) is 11.4. The summed E-state index contributed by atoms with van der Waals surface area (Å²) in [5, 5.41) is 3.28. The molecule has 0 atom stereocenters. The number of hydrogen-bond donors (Lipinski definition) is 2. The number of aryl methyl sites for hydroxylation is 1. The molecule has 0 heterocycles. The van der Waals surface area contributed by atoms with Crippen molar-refractivity contribution >= 4 is 11.4 Å². The van der Waals surface area contributed by atoms with E-state index in [4.69, 9.17) is 10.5 Å². The SMILES string of the molecule is Cc1ccc(NCCOCC2CC2)c(N)c1. The molecular weight excluding hydrogens is 200 g/mol. The third-order valence-electron chi connectivity index (χ3n) is 2.82. The van der Waals surface area contributed by atoms with Gasteiger partial charge in [-0.1, -0.05) is 6.07 Å². The molecule has 1 aromatic carbocycles. The zero-order valence-electron chi connectivity index (χ0n) is 9.83. The minimum atomic E-state index is 0.754. The lowest BCUT2D eigenvalue weighted by Gasteiger charge is -2.10. The van der Waals surface area contributed by atoms with Crippen molar-refractivity contribution in [1.82, 2.24) is 0 Å². The van der Waals surface area contributed by atoms with E-state index < -0.39 is 0 Å². The lowest BCUT2D eigenvalue weighted by Crippen LogP contribution is -2.11. The zero-order valence-corrected chi connectivity index (χ0v) is 9.83. The Kier molecular flexibility index (Phi) is 3.67. The standard InChI is InChI=1S/C13H20N2O/c1-10-2-5-13(12(14)8-10)15-6-7-16-9-11-3-4-11/h2,5,8,11,15H,3-4,6-7,9,14H2,1H3. The number of nitrogens with one attached hydrogen (secondary N) is 1. The lowest BCUT2D eigenvalue weighted by atomic mass is 10.2. The first-order chi connectivity index (χ1) is 7.75. The molecule has 88 valence electrons. The maximum absolute atomic E-state index is 5.89. The number of ether oxygens (including phenoxy) is 1. The van der Waals surface area contributed by atoms with Gasteiger partial charge >= 0.3 is 0 Å². The van der Waals surface area contributed by atoms with E-state index in [9.17, 15) is 0 Å². The third kappa shape index (κ3) is 3.42. The van der Waals surface area contributed by atoms with E-state index in [0.29, 0.717) is 0 Å². The van der Waals surface area contributed by atoms with Gasteiger partial charge in [-0.2, -0.15) is 0 Å². The van der Waals surface area contributed by atoms with E-state index in [1.807, 2.05) is 19.1 Å². The van der Waals surface area contributed by atoms with Crippen LogP contribution in [0.2, 0.25) is 0 Å². The first kappa shape index (κ1) is 11.3. The van der Waals surface area contributed by atoms with Crippen molar-refractivity contribution in [1.29, 1.82) is 0 Å². The second kappa shape index (κ2) is 5.21. The van der Waals surface area contributed by atoms with Crippen LogP contribution < -0.4 is 11.1 Å². The van der Waals surface area contributed by atoms with Crippen molar-refractivity contribution < 1.29 is 4.74 Å². The Morgan fingerprint density at radius 1 is 1.44 bits per heavy atom. The van der Waals surface area contributed by atoms with Gasteiger partial charge in [0.1, 0.15) is 0 Å². The summed E-state index contributed by atoms with van der Waals surface area (Å²) in [4.78, 5) is 0. The van der Waals surface area contributed by atoms with Crippen molar-refractivity contribution in [3.05, 3.63) is 23.8 Å². The molecule has 1 saturated carbocycles. The molecule has 0 aliphatic heterocycles. The lowest BCUT2D eigenvalue weighted by molar-refractivity contribution is 0.134. The van der Waals surface area contributed by atoms with Gasteiger partial charge in [-0.15, -0.1) is 0 Å². The summed E-state index contributed by atoms with van der Waals surface area (Å²) in [6.07, 6.45) is 2.69. The molecule has 0 amide bonds. The molecule has 0 spiro atoms. The fourth-order valence-electron chi connectivity index (χ4n) is 1.64. The minimum absolute atomic E-state index is 0.754. The highest BCUT2D eigenvalue weighted by molar-refractivity contribution is 5.66. The summed E-state index contributed by atoms with van der Waals surface area (Å²) < 4.78 is 5.54. The quantitative estimate of drug-likeness (QED) is 0.571.